The largest absolute Gasteiger partial charge is 0.402 e. The predicted molar refractivity (Wildman–Crippen MR) is 119 cm³/mol. The molecule has 4 heterocycles. The lowest BCUT2D eigenvalue weighted by atomic mass is 9.78. The van der Waals surface area contributed by atoms with Crippen molar-refractivity contribution in [1.29, 1.82) is 5.41 Å². The summed E-state index contributed by atoms with van der Waals surface area (Å²) < 4.78 is 38.9. The number of rotatable bonds is 4. The van der Waals surface area contributed by atoms with Crippen LogP contribution in [0.3, 0.4) is 0 Å². The van der Waals surface area contributed by atoms with Crippen LogP contribution in [0.5, 0.6) is 0 Å². The Hall–Kier alpha value is -2.75. The highest BCUT2D eigenvalue weighted by Crippen LogP contribution is 2.41. The summed E-state index contributed by atoms with van der Waals surface area (Å²) in [5.41, 5.74) is 7.39. The maximum Gasteiger partial charge on any atom is 0.394 e. The highest BCUT2D eigenvalue weighted by molar-refractivity contribution is 6.08. The van der Waals surface area contributed by atoms with E-state index in [0.717, 1.165) is 45.2 Å². The third kappa shape index (κ3) is 4.55. The molecule has 2 aromatic heterocycles. The molecule has 1 spiro atoms. The highest BCUT2D eigenvalue weighted by Gasteiger charge is 2.40. The summed E-state index contributed by atoms with van der Waals surface area (Å²) in [5, 5.41) is 8.25. The number of aromatic nitrogens is 3. The van der Waals surface area contributed by atoms with Crippen molar-refractivity contribution in [2.75, 3.05) is 38.1 Å². The van der Waals surface area contributed by atoms with E-state index in [2.05, 4.69) is 26.8 Å². The summed E-state index contributed by atoms with van der Waals surface area (Å²) in [6.07, 6.45) is 0.179. The topological polar surface area (TPSA) is 95.0 Å². The van der Waals surface area contributed by atoms with Crippen molar-refractivity contribution in [3.8, 4) is 0 Å². The number of hydrogen-bond donors (Lipinski definition) is 2. The van der Waals surface area contributed by atoms with Crippen LogP contribution < -0.4 is 10.6 Å². The summed E-state index contributed by atoms with van der Waals surface area (Å²) in [6, 6.07) is 1.44. The quantitative estimate of drug-likeness (QED) is 0.698. The van der Waals surface area contributed by atoms with E-state index in [1.165, 1.54) is 18.7 Å². The fraction of sp³-hybridized carbons (Fsp3) is 0.545. The molecule has 2 saturated heterocycles. The van der Waals surface area contributed by atoms with Gasteiger partial charge in [-0.05, 0) is 51.3 Å². The number of allylic oxidation sites excluding steroid dienone is 2. The van der Waals surface area contributed by atoms with E-state index in [-0.39, 0.29) is 11.5 Å². The molecule has 172 valence electrons. The molecule has 2 fully saturated rings. The number of anilines is 1. The number of nitrogens with one attached hydrogen (secondary N) is 1. The molecule has 2 aliphatic heterocycles. The summed E-state index contributed by atoms with van der Waals surface area (Å²) in [4.78, 5) is 17.6. The first-order valence-corrected chi connectivity index (χ1v) is 10.7. The van der Waals surface area contributed by atoms with Gasteiger partial charge in [-0.3, -0.25) is 4.98 Å². The number of piperidine rings is 1. The zero-order chi connectivity index (χ0) is 23.1. The predicted octanol–water partition coefficient (Wildman–Crippen LogP) is 3.39. The summed E-state index contributed by atoms with van der Waals surface area (Å²) in [6.45, 7) is 5.36. The molecule has 32 heavy (non-hydrogen) atoms. The van der Waals surface area contributed by atoms with Crippen molar-refractivity contribution in [2.24, 2.45) is 11.1 Å². The zero-order valence-corrected chi connectivity index (χ0v) is 18.3. The van der Waals surface area contributed by atoms with Gasteiger partial charge in [0.2, 0.25) is 0 Å². The number of halogens is 3. The smallest absolute Gasteiger partial charge is 0.394 e. The number of pyridine rings is 1. The van der Waals surface area contributed by atoms with Crippen molar-refractivity contribution in [3.05, 3.63) is 29.5 Å². The van der Waals surface area contributed by atoms with Gasteiger partial charge in [0.25, 0.3) is 0 Å². The molecule has 0 saturated carbocycles. The van der Waals surface area contributed by atoms with Gasteiger partial charge in [0, 0.05) is 36.9 Å². The van der Waals surface area contributed by atoms with E-state index in [1.807, 2.05) is 0 Å². The normalized spacial score (nSPS) is 20.1. The van der Waals surface area contributed by atoms with Crippen LogP contribution >= 0.6 is 0 Å². The van der Waals surface area contributed by atoms with Crippen molar-refractivity contribution in [1.82, 2.24) is 19.9 Å². The molecule has 0 bridgehead atoms. The standard InChI is InChI=1S/C22H28F3N7/c1-14(27)17(11-26)19-29-18-12-28-15(10-22(23,24)25)9-16(18)20(30-19)32-7-4-21(5-8-32)3-6-31(2)13-21/h9,11-12,26H,3-8,10,13,27H2,1-2H3. The number of hydrogen-bond acceptors (Lipinski definition) is 7. The van der Waals surface area contributed by atoms with E-state index < -0.39 is 12.6 Å². The minimum Gasteiger partial charge on any atom is -0.402 e. The Bertz CT molecular complexity index is 1050. The molecule has 10 heteroatoms. The molecular weight excluding hydrogens is 419 g/mol. The first kappa shape index (κ1) is 22.4. The Labute approximate surface area is 185 Å². The van der Waals surface area contributed by atoms with Crippen LogP contribution in [0.1, 0.15) is 37.7 Å². The SMILES string of the molecule is CC(N)=C(C=N)c1nc(N2CCC3(CCN(C)C3)CC2)c2cc(CC(F)(F)F)ncc2n1. The minimum atomic E-state index is -4.35. The molecule has 0 aliphatic carbocycles. The second-order valence-corrected chi connectivity index (χ2v) is 9.07. The first-order valence-electron chi connectivity index (χ1n) is 10.7. The van der Waals surface area contributed by atoms with Crippen LogP contribution in [-0.2, 0) is 6.42 Å². The maximum absolute atomic E-state index is 13.0. The van der Waals surface area contributed by atoms with Crippen LogP contribution in [0.25, 0.3) is 16.5 Å². The lowest BCUT2D eigenvalue weighted by Crippen LogP contribution is -2.42. The van der Waals surface area contributed by atoms with Gasteiger partial charge in [-0.15, -0.1) is 0 Å². The van der Waals surface area contributed by atoms with E-state index in [4.69, 9.17) is 16.1 Å². The molecule has 0 atom stereocenters. The summed E-state index contributed by atoms with van der Waals surface area (Å²) in [7, 11) is 2.14. The monoisotopic (exact) mass is 447 g/mol. The third-order valence-electron chi connectivity index (χ3n) is 6.56. The van der Waals surface area contributed by atoms with Gasteiger partial charge in [0.15, 0.2) is 5.82 Å². The van der Waals surface area contributed by atoms with Crippen LogP contribution in [0.4, 0.5) is 19.0 Å². The highest BCUT2D eigenvalue weighted by atomic mass is 19.4. The molecule has 0 aromatic carbocycles. The minimum absolute atomic E-state index is 0.0636. The maximum atomic E-state index is 13.0. The Balaban J connectivity index is 1.76. The Morgan fingerprint density at radius 3 is 2.47 bits per heavy atom. The number of nitrogens with two attached hydrogens (primary N) is 1. The summed E-state index contributed by atoms with van der Waals surface area (Å²) >= 11 is 0. The van der Waals surface area contributed by atoms with Gasteiger partial charge in [-0.25, -0.2) is 9.97 Å². The van der Waals surface area contributed by atoms with E-state index in [0.29, 0.717) is 33.4 Å². The fourth-order valence-corrected chi connectivity index (χ4v) is 4.84. The van der Waals surface area contributed by atoms with E-state index in [1.54, 1.807) is 6.92 Å². The first-order chi connectivity index (χ1) is 15.1. The van der Waals surface area contributed by atoms with Gasteiger partial charge in [-0.1, -0.05) is 0 Å². The zero-order valence-electron chi connectivity index (χ0n) is 18.3. The van der Waals surface area contributed by atoms with E-state index in [9.17, 15) is 13.2 Å². The lowest BCUT2D eigenvalue weighted by molar-refractivity contribution is -0.127. The average Bonchev–Trinajstić information content (AvgIpc) is 3.07. The number of fused-ring (bicyclic) bond motifs is 1. The van der Waals surface area contributed by atoms with Gasteiger partial charge in [0.05, 0.1) is 29.4 Å². The average molecular weight is 448 g/mol. The van der Waals surface area contributed by atoms with Crippen LogP contribution in [-0.4, -0.2) is 65.5 Å². The van der Waals surface area contributed by atoms with Gasteiger partial charge in [0.1, 0.15) is 5.82 Å². The number of likely N-dealkylation sites (tertiary alicyclic amines) is 1. The molecule has 0 unspecified atom stereocenters. The summed E-state index contributed by atoms with van der Waals surface area (Å²) in [5.74, 6) is 0.867. The molecule has 7 nitrogen and oxygen atoms in total. The molecule has 2 aromatic rings. The van der Waals surface area contributed by atoms with Crippen LogP contribution in [0, 0.1) is 10.8 Å². The third-order valence-corrected chi connectivity index (χ3v) is 6.56. The van der Waals surface area contributed by atoms with Crippen molar-refractivity contribution in [2.45, 2.75) is 38.8 Å². The number of nitrogens with zero attached hydrogens (tertiary/aromatic N) is 5. The molecule has 0 amide bonds. The van der Waals surface area contributed by atoms with Gasteiger partial charge >= 0.3 is 6.18 Å². The molecule has 2 aliphatic rings. The van der Waals surface area contributed by atoms with E-state index >= 15 is 0 Å². The molecule has 4 rings (SSSR count). The van der Waals surface area contributed by atoms with Crippen LogP contribution in [0.2, 0.25) is 0 Å². The Kier molecular flexibility index (Phi) is 5.83. The fourth-order valence-electron chi connectivity index (χ4n) is 4.84. The molecular formula is C22H28F3N7. The Morgan fingerprint density at radius 1 is 1.22 bits per heavy atom. The molecule has 0 radical (unpaired) electrons. The number of alkyl halides is 3. The van der Waals surface area contributed by atoms with Crippen molar-refractivity contribution in [3.63, 3.8) is 0 Å². The van der Waals surface area contributed by atoms with Crippen LogP contribution in [0.15, 0.2) is 18.0 Å². The molecule has 3 N–H and O–H groups in total. The van der Waals surface area contributed by atoms with Gasteiger partial charge in [-0.2, -0.15) is 13.2 Å². The Morgan fingerprint density at radius 2 is 1.91 bits per heavy atom. The van der Waals surface area contributed by atoms with Crippen molar-refractivity contribution < 1.29 is 13.2 Å². The van der Waals surface area contributed by atoms with Gasteiger partial charge < -0.3 is 20.9 Å². The lowest BCUT2D eigenvalue weighted by Gasteiger charge is -2.40. The second kappa shape index (κ2) is 8.31. The second-order valence-electron chi connectivity index (χ2n) is 9.07. The van der Waals surface area contributed by atoms with Crippen molar-refractivity contribution >= 4 is 28.5 Å².